The molecular weight excluding hydrogens is 422 g/mol. The van der Waals surface area contributed by atoms with Gasteiger partial charge >= 0.3 is 5.97 Å². The highest BCUT2D eigenvalue weighted by Gasteiger charge is 2.20. The average molecular weight is 454 g/mol. The van der Waals surface area contributed by atoms with Gasteiger partial charge in [-0.25, -0.2) is 4.79 Å². The molecular formula is C26H31NO6. The van der Waals surface area contributed by atoms with Gasteiger partial charge in [0.15, 0.2) is 6.10 Å². The van der Waals surface area contributed by atoms with Gasteiger partial charge in [0.05, 0.1) is 24.3 Å². The summed E-state index contributed by atoms with van der Waals surface area (Å²) in [6.45, 7) is 8.24. The van der Waals surface area contributed by atoms with Crippen LogP contribution in [0.25, 0.3) is 10.9 Å². The van der Waals surface area contributed by atoms with Gasteiger partial charge in [-0.1, -0.05) is 12.1 Å². The second-order valence-corrected chi connectivity index (χ2v) is 7.98. The number of nitrogens with zero attached hydrogens (tertiary/aromatic N) is 1. The van der Waals surface area contributed by atoms with E-state index in [0.717, 1.165) is 33.3 Å². The minimum Gasteiger partial charge on any atom is -0.497 e. The van der Waals surface area contributed by atoms with Gasteiger partial charge in [0, 0.05) is 24.6 Å². The largest absolute Gasteiger partial charge is 0.497 e. The van der Waals surface area contributed by atoms with E-state index in [1.807, 2.05) is 57.2 Å². The van der Waals surface area contributed by atoms with Crippen LogP contribution in [-0.2, 0) is 22.6 Å². The zero-order valence-electron chi connectivity index (χ0n) is 19.8. The summed E-state index contributed by atoms with van der Waals surface area (Å²) in [6, 6.07) is 11.3. The van der Waals surface area contributed by atoms with E-state index in [9.17, 15) is 9.90 Å². The molecule has 0 saturated heterocycles. The van der Waals surface area contributed by atoms with E-state index in [0.29, 0.717) is 18.1 Å². The van der Waals surface area contributed by atoms with Crippen LogP contribution in [0.1, 0.15) is 37.5 Å². The molecule has 0 aliphatic carbocycles. The van der Waals surface area contributed by atoms with Gasteiger partial charge in [0.2, 0.25) is 0 Å². The third-order valence-electron chi connectivity index (χ3n) is 5.28. The first-order valence-electron chi connectivity index (χ1n) is 11.0. The maximum absolute atomic E-state index is 11.5. The zero-order chi connectivity index (χ0) is 24.0. The van der Waals surface area contributed by atoms with Crippen molar-refractivity contribution in [2.75, 3.05) is 13.7 Å². The molecule has 7 nitrogen and oxygen atoms in total. The highest BCUT2D eigenvalue weighted by molar-refractivity contribution is 5.87. The Labute approximate surface area is 194 Å². The SMILES string of the molecule is CCOC(Cc1cccc(OCc2cnc3ccc(OC)cc3c2OC(C)C)c1C)C(=O)O. The van der Waals surface area contributed by atoms with Crippen molar-refractivity contribution in [3.8, 4) is 17.2 Å². The molecule has 3 rings (SSSR count). The first kappa shape index (κ1) is 24.3. The number of rotatable bonds is 11. The van der Waals surface area contributed by atoms with Crippen LogP contribution in [0.15, 0.2) is 42.6 Å². The molecule has 0 bridgehead atoms. The fourth-order valence-corrected chi connectivity index (χ4v) is 3.60. The molecule has 1 unspecified atom stereocenters. The van der Waals surface area contributed by atoms with E-state index in [2.05, 4.69) is 4.98 Å². The van der Waals surface area contributed by atoms with E-state index in [1.54, 1.807) is 20.2 Å². The molecule has 0 radical (unpaired) electrons. The van der Waals surface area contributed by atoms with E-state index >= 15 is 0 Å². The summed E-state index contributed by atoms with van der Waals surface area (Å²) in [5.41, 5.74) is 3.37. The molecule has 0 aliphatic rings. The third kappa shape index (κ3) is 5.93. The maximum atomic E-state index is 11.5. The van der Waals surface area contributed by atoms with Crippen molar-refractivity contribution >= 4 is 16.9 Å². The number of carboxylic acid groups (broad SMARTS) is 1. The smallest absolute Gasteiger partial charge is 0.333 e. The quantitative estimate of drug-likeness (QED) is 0.439. The van der Waals surface area contributed by atoms with Crippen molar-refractivity contribution < 1.29 is 28.8 Å². The lowest BCUT2D eigenvalue weighted by atomic mass is 10.0. The standard InChI is InChI=1S/C26H31NO6/c1-6-31-24(26(28)29)12-18-8-7-9-23(17(18)4)32-15-19-14-27-22-11-10-20(30-5)13-21(22)25(19)33-16(2)3/h7-11,13-14,16,24H,6,12,15H2,1-5H3,(H,28,29). The number of aromatic nitrogens is 1. The summed E-state index contributed by atoms with van der Waals surface area (Å²) in [5.74, 6) is 1.14. The summed E-state index contributed by atoms with van der Waals surface area (Å²) in [5, 5.41) is 10.3. The Balaban J connectivity index is 1.89. The molecule has 1 N–H and O–H groups in total. The van der Waals surface area contributed by atoms with Crippen LogP contribution in [0.2, 0.25) is 0 Å². The molecule has 1 atom stereocenters. The molecule has 0 amide bonds. The predicted molar refractivity (Wildman–Crippen MR) is 126 cm³/mol. The lowest BCUT2D eigenvalue weighted by Gasteiger charge is -2.19. The van der Waals surface area contributed by atoms with Crippen LogP contribution in [-0.4, -0.2) is 42.0 Å². The molecule has 33 heavy (non-hydrogen) atoms. The molecule has 0 aliphatic heterocycles. The van der Waals surface area contributed by atoms with Crippen LogP contribution >= 0.6 is 0 Å². The number of pyridine rings is 1. The molecule has 7 heteroatoms. The maximum Gasteiger partial charge on any atom is 0.333 e. The van der Waals surface area contributed by atoms with Gasteiger partial charge in [-0.2, -0.15) is 0 Å². The number of hydrogen-bond acceptors (Lipinski definition) is 6. The van der Waals surface area contributed by atoms with Crippen molar-refractivity contribution in [3.63, 3.8) is 0 Å². The van der Waals surface area contributed by atoms with Crippen molar-refractivity contribution in [3.05, 3.63) is 59.3 Å². The summed E-state index contributed by atoms with van der Waals surface area (Å²) in [4.78, 5) is 16.1. The van der Waals surface area contributed by atoms with Crippen LogP contribution in [0, 0.1) is 6.92 Å². The van der Waals surface area contributed by atoms with Crippen LogP contribution in [0.5, 0.6) is 17.2 Å². The Morgan fingerprint density at radius 3 is 2.61 bits per heavy atom. The van der Waals surface area contributed by atoms with Crippen LogP contribution < -0.4 is 14.2 Å². The molecule has 1 heterocycles. The molecule has 0 saturated carbocycles. The Bertz CT molecular complexity index is 1110. The van der Waals surface area contributed by atoms with E-state index in [1.165, 1.54) is 0 Å². The summed E-state index contributed by atoms with van der Waals surface area (Å²) < 4.78 is 23.1. The molecule has 176 valence electrons. The van der Waals surface area contributed by atoms with Crippen molar-refractivity contribution in [1.82, 2.24) is 4.98 Å². The van der Waals surface area contributed by atoms with Gasteiger partial charge in [0.25, 0.3) is 0 Å². The monoisotopic (exact) mass is 453 g/mol. The van der Waals surface area contributed by atoms with Gasteiger partial charge in [-0.05, 0) is 63.1 Å². The van der Waals surface area contributed by atoms with Gasteiger partial charge < -0.3 is 24.1 Å². The Hall–Kier alpha value is -3.32. The Morgan fingerprint density at radius 2 is 1.94 bits per heavy atom. The Kier molecular flexibility index (Phi) is 8.11. The number of carboxylic acids is 1. The second kappa shape index (κ2) is 11.0. The molecule has 0 fully saturated rings. The molecule has 1 aromatic heterocycles. The van der Waals surface area contributed by atoms with Gasteiger partial charge in [-0.3, -0.25) is 4.98 Å². The lowest BCUT2D eigenvalue weighted by molar-refractivity contribution is -0.149. The number of hydrogen-bond donors (Lipinski definition) is 1. The minimum absolute atomic E-state index is 0.0304. The fourth-order valence-electron chi connectivity index (χ4n) is 3.60. The lowest BCUT2D eigenvalue weighted by Crippen LogP contribution is -2.26. The summed E-state index contributed by atoms with van der Waals surface area (Å²) in [7, 11) is 1.63. The highest BCUT2D eigenvalue weighted by atomic mass is 16.5. The second-order valence-electron chi connectivity index (χ2n) is 7.98. The van der Waals surface area contributed by atoms with Crippen molar-refractivity contribution in [1.29, 1.82) is 0 Å². The number of carbonyl (C=O) groups is 1. The number of fused-ring (bicyclic) bond motifs is 1. The average Bonchev–Trinajstić information content (AvgIpc) is 2.79. The van der Waals surface area contributed by atoms with Gasteiger partial charge in [0.1, 0.15) is 23.9 Å². The van der Waals surface area contributed by atoms with E-state index < -0.39 is 12.1 Å². The van der Waals surface area contributed by atoms with Crippen LogP contribution in [0.4, 0.5) is 0 Å². The molecule has 2 aromatic carbocycles. The molecule has 0 spiro atoms. The fraction of sp³-hybridized carbons (Fsp3) is 0.385. The number of methoxy groups -OCH3 is 1. The summed E-state index contributed by atoms with van der Waals surface area (Å²) >= 11 is 0. The first-order chi connectivity index (χ1) is 15.8. The van der Waals surface area contributed by atoms with Crippen molar-refractivity contribution in [2.45, 2.75) is 52.9 Å². The topological polar surface area (TPSA) is 87.1 Å². The number of ether oxygens (including phenoxy) is 4. The Morgan fingerprint density at radius 1 is 1.15 bits per heavy atom. The van der Waals surface area contributed by atoms with E-state index in [-0.39, 0.29) is 19.1 Å². The number of aliphatic carboxylic acids is 1. The first-order valence-corrected chi connectivity index (χ1v) is 11.0. The summed E-state index contributed by atoms with van der Waals surface area (Å²) in [6.07, 6.45) is 1.11. The number of benzene rings is 2. The van der Waals surface area contributed by atoms with Crippen LogP contribution in [0.3, 0.4) is 0 Å². The van der Waals surface area contributed by atoms with Crippen molar-refractivity contribution in [2.24, 2.45) is 0 Å². The normalized spacial score (nSPS) is 12.1. The highest BCUT2D eigenvalue weighted by Crippen LogP contribution is 2.33. The predicted octanol–water partition coefficient (Wildman–Crippen LogP) is 4.95. The zero-order valence-corrected chi connectivity index (χ0v) is 19.8. The minimum atomic E-state index is -0.976. The van der Waals surface area contributed by atoms with Gasteiger partial charge in [-0.15, -0.1) is 0 Å². The molecule has 3 aromatic rings. The third-order valence-corrected chi connectivity index (χ3v) is 5.28. The van der Waals surface area contributed by atoms with E-state index in [4.69, 9.17) is 18.9 Å².